The van der Waals surface area contributed by atoms with E-state index in [1.807, 2.05) is 0 Å². The third-order valence-corrected chi connectivity index (χ3v) is 5.89. The first-order valence-corrected chi connectivity index (χ1v) is 10.6. The third-order valence-electron chi connectivity index (χ3n) is 3.85. The molecule has 3 N–H and O–H groups in total. The molecule has 28 heavy (non-hydrogen) atoms. The first-order chi connectivity index (χ1) is 13.2. The van der Waals surface area contributed by atoms with Crippen LogP contribution in [0.1, 0.15) is 18.5 Å². The van der Waals surface area contributed by atoms with Gasteiger partial charge in [0.25, 0.3) is 0 Å². The van der Waals surface area contributed by atoms with Crippen molar-refractivity contribution in [2.24, 2.45) is 0 Å². The fourth-order valence-electron chi connectivity index (χ4n) is 2.38. The van der Waals surface area contributed by atoms with Crippen LogP contribution in [0.25, 0.3) is 0 Å². The Labute approximate surface area is 174 Å². The van der Waals surface area contributed by atoms with Crippen LogP contribution in [0.5, 0.6) is 5.75 Å². The van der Waals surface area contributed by atoms with Gasteiger partial charge in [-0.25, -0.2) is 17.9 Å². The number of sulfonamides is 1. The van der Waals surface area contributed by atoms with Gasteiger partial charge in [-0.2, -0.15) is 0 Å². The first-order valence-electron chi connectivity index (χ1n) is 8.36. The molecule has 0 aliphatic rings. The Hall–Kier alpha value is -2.00. The van der Waals surface area contributed by atoms with Crippen molar-refractivity contribution in [2.75, 3.05) is 20.2 Å². The van der Waals surface area contributed by atoms with Crippen LogP contribution in [0, 0.1) is 0 Å². The van der Waals surface area contributed by atoms with E-state index in [4.69, 9.17) is 27.9 Å². The van der Waals surface area contributed by atoms with Crippen LogP contribution in [0.15, 0.2) is 47.4 Å². The molecule has 0 heterocycles. The van der Waals surface area contributed by atoms with Gasteiger partial charge in [-0.1, -0.05) is 29.3 Å². The van der Waals surface area contributed by atoms with E-state index in [1.165, 1.54) is 19.2 Å². The van der Waals surface area contributed by atoms with Crippen molar-refractivity contribution >= 4 is 39.3 Å². The van der Waals surface area contributed by atoms with Crippen LogP contribution in [0.4, 0.5) is 4.79 Å². The molecule has 0 saturated heterocycles. The standard InChI is InChI=1S/C18H21Cl2N3O4S/c1-12(16-8-3-13(19)11-17(16)20)23-18(24)21-9-10-22-28(25,26)15-6-4-14(27-2)5-7-15/h3-8,11-12,22H,9-10H2,1-2H3,(H2,21,23,24)/t12-/m0/s1. The topological polar surface area (TPSA) is 96.5 Å². The summed E-state index contributed by atoms with van der Waals surface area (Å²) < 4.78 is 31.8. The van der Waals surface area contributed by atoms with Gasteiger partial charge in [-0.3, -0.25) is 0 Å². The van der Waals surface area contributed by atoms with Crippen LogP contribution >= 0.6 is 23.2 Å². The number of nitrogens with one attached hydrogen (secondary N) is 3. The molecule has 0 aliphatic heterocycles. The van der Waals surface area contributed by atoms with Crippen molar-refractivity contribution in [3.63, 3.8) is 0 Å². The Morgan fingerprint density at radius 3 is 2.39 bits per heavy atom. The van der Waals surface area contributed by atoms with Gasteiger partial charge in [0.15, 0.2) is 0 Å². The third kappa shape index (κ3) is 6.27. The lowest BCUT2D eigenvalue weighted by atomic mass is 10.1. The summed E-state index contributed by atoms with van der Waals surface area (Å²) in [6.45, 7) is 1.93. The number of halogens is 2. The fourth-order valence-corrected chi connectivity index (χ4v) is 3.98. The van der Waals surface area contributed by atoms with Crippen molar-refractivity contribution in [2.45, 2.75) is 17.9 Å². The van der Waals surface area contributed by atoms with E-state index in [0.29, 0.717) is 15.8 Å². The number of hydrogen-bond donors (Lipinski definition) is 3. The maximum atomic E-state index is 12.2. The molecule has 0 radical (unpaired) electrons. The normalized spacial score (nSPS) is 12.3. The largest absolute Gasteiger partial charge is 0.497 e. The molecule has 2 amide bonds. The number of amides is 2. The quantitative estimate of drug-likeness (QED) is 0.542. The second-order valence-corrected chi connectivity index (χ2v) is 8.47. The zero-order chi connectivity index (χ0) is 20.7. The van der Waals surface area contributed by atoms with Crippen molar-refractivity contribution in [3.05, 3.63) is 58.1 Å². The van der Waals surface area contributed by atoms with Gasteiger partial charge in [0.2, 0.25) is 10.0 Å². The number of carbonyl (C=O) groups excluding carboxylic acids is 1. The van der Waals surface area contributed by atoms with Crippen LogP contribution in [0.2, 0.25) is 10.0 Å². The molecule has 152 valence electrons. The van der Waals surface area contributed by atoms with Crippen LogP contribution in [-0.2, 0) is 10.0 Å². The SMILES string of the molecule is COc1ccc(S(=O)(=O)NCCNC(=O)N[C@@H](C)c2ccc(Cl)cc2Cl)cc1. The van der Waals surface area contributed by atoms with E-state index >= 15 is 0 Å². The highest BCUT2D eigenvalue weighted by molar-refractivity contribution is 7.89. The predicted molar refractivity (Wildman–Crippen MR) is 110 cm³/mol. The van der Waals surface area contributed by atoms with Gasteiger partial charge in [-0.15, -0.1) is 0 Å². The lowest BCUT2D eigenvalue weighted by molar-refractivity contribution is 0.238. The zero-order valence-electron chi connectivity index (χ0n) is 15.3. The Morgan fingerprint density at radius 1 is 1.11 bits per heavy atom. The number of hydrogen-bond acceptors (Lipinski definition) is 4. The van der Waals surface area contributed by atoms with Crippen LogP contribution in [0.3, 0.4) is 0 Å². The maximum Gasteiger partial charge on any atom is 0.315 e. The molecule has 1 atom stereocenters. The highest BCUT2D eigenvalue weighted by Crippen LogP contribution is 2.25. The summed E-state index contributed by atoms with van der Waals surface area (Å²) in [5.41, 5.74) is 0.724. The molecule has 0 aromatic heterocycles. The molecule has 10 heteroatoms. The van der Waals surface area contributed by atoms with Crippen molar-refractivity contribution in [1.82, 2.24) is 15.4 Å². The molecule has 0 aliphatic carbocycles. The fraction of sp³-hybridized carbons (Fsp3) is 0.278. The second kappa shape index (κ2) is 9.97. The average molecular weight is 446 g/mol. The highest BCUT2D eigenvalue weighted by Gasteiger charge is 2.15. The summed E-state index contributed by atoms with van der Waals surface area (Å²) in [6, 6.07) is 10.2. The van der Waals surface area contributed by atoms with Crippen molar-refractivity contribution in [3.8, 4) is 5.75 Å². The molecule has 0 saturated carbocycles. The minimum Gasteiger partial charge on any atom is -0.497 e. The minimum absolute atomic E-state index is 0.0395. The summed E-state index contributed by atoms with van der Waals surface area (Å²) in [4.78, 5) is 12.1. The second-order valence-electron chi connectivity index (χ2n) is 5.86. The molecule has 0 spiro atoms. The van der Waals surface area contributed by atoms with Gasteiger partial charge in [-0.05, 0) is 48.9 Å². The molecule has 2 aromatic carbocycles. The van der Waals surface area contributed by atoms with Gasteiger partial charge < -0.3 is 15.4 Å². The van der Waals surface area contributed by atoms with Crippen molar-refractivity contribution in [1.29, 1.82) is 0 Å². The number of methoxy groups -OCH3 is 1. The zero-order valence-corrected chi connectivity index (χ0v) is 17.7. The minimum atomic E-state index is -3.67. The summed E-state index contributed by atoms with van der Waals surface area (Å²) in [7, 11) is -2.17. The van der Waals surface area contributed by atoms with Gasteiger partial charge >= 0.3 is 6.03 Å². The monoisotopic (exact) mass is 445 g/mol. The number of benzene rings is 2. The summed E-state index contributed by atoms with van der Waals surface area (Å²) in [6.07, 6.45) is 0. The van der Waals surface area contributed by atoms with E-state index in [0.717, 1.165) is 5.56 Å². The van der Waals surface area contributed by atoms with E-state index in [1.54, 1.807) is 37.3 Å². The Bertz CT molecular complexity index is 921. The summed E-state index contributed by atoms with van der Waals surface area (Å²) in [5, 5.41) is 6.28. The van der Waals surface area contributed by atoms with Gasteiger partial charge in [0.1, 0.15) is 5.75 Å². The lowest BCUT2D eigenvalue weighted by Crippen LogP contribution is -2.41. The Balaban J connectivity index is 1.79. The Morgan fingerprint density at radius 2 is 1.79 bits per heavy atom. The Kier molecular flexibility index (Phi) is 7.94. The first kappa shape index (κ1) is 22.3. The van der Waals surface area contributed by atoms with Crippen LogP contribution < -0.4 is 20.1 Å². The average Bonchev–Trinajstić information content (AvgIpc) is 2.65. The number of carbonyl (C=O) groups is 1. The molecule has 7 nitrogen and oxygen atoms in total. The molecule has 2 rings (SSSR count). The van der Waals surface area contributed by atoms with Gasteiger partial charge in [0.05, 0.1) is 18.0 Å². The molecule has 0 fully saturated rings. The van der Waals surface area contributed by atoms with E-state index < -0.39 is 16.1 Å². The summed E-state index contributed by atoms with van der Waals surface area (Å²) >= 11 is 12.0. The number of urea groups is 1. The van der Waals surface area contributed by atoms with E-state index in [2.05, 4.69) is 15.4 Å². The molecular formula is C18H21Cl2N3O4S. The van der Waals surface area contributed by atoms with Crippen LogP contribution in [-0.4, -0.2) is 34.6 Å². The number of ether oxygens (including phenoxy) is 1. The molecular weight excluding hydrogens is 425 g/mol. The summed E-state index contributed by atoms with van der Waals surface area (Å²) in [5.74, 6) is 0.562. The van der Waals surface area contributed by atoms with Gasteiger partial charge in [0, 0.05) is 23.1 Å². The highest BCUT2D eigenvalue weighted by atomic mass is 35.5. The van der Waals surface area contributed by atoms with Crippen molar-refractivity contribution < 1.29 is 17.9 Å². The molecule has 0 bridgehead atoms. The smallest absolute Gasteiger partial charge is 0.315 e. The van der Waals surface area contributed by atoms with E-state index in [-0.39, 0.29) is 24.0 Å². The lowest BCUT2D eigenvalue weighted by Gasteiger charge is -2.16. The maximum absolute atomic E-state index is 12.2. The van der Waals surface area contributed by atoms with E-state index in [9.17, 15) is 13.2 Å². The number of rotatable bonds is 8. The molecule has 2 aromatic rings. The predicted octanol–water partition coefficient (Wildman–Crippen LogP) is 3.34. The molecule has 0 unspecified atom stereocenters.